The predicted octanol–water partition coefficient (Wildman–Crippen LogP) is 1.27. The summed E-state index contributed by atoms with van der Waals surface area (Å²) in [6.07, 6.45) is 1.07. The molecule has 6 heteroatoms. The Morgan fingerprint density at radius 1 is 1.53 bits per heavy atom. The van der Waals surface area contributed by atoms with Gasteiger partial charge >= 0.3 is 6.09 Å². The highest BCUT2D eigenvalue weighted by molar-refractivity contribution is 5.67. The summed E-state index contributed by atoms with van der Waals surface area (Å²) in [5, 5.41) is 12.0. The minimum atomic E-state index is -0.689. The van der Waals surface area contributed by atoms with E-state index in [0.29, 0.717) is 19.8 Å². The van der Waals surface area contributed by atoms with Crippen LogP contribution in [0.3, 0.4) is 0 Å². The maximum Gasteiger partial charge on any atom is 0.407 e. The Labute approximate surface area is 114 Å². The zero-order chi connectivity index (χ0) is 14.3. The Hall–Kier alpha value is -0.850. The van der Waals surface area contributed by atoms with Crippen LogP contribution in [0.1, 0.15) is 33.6 Å². The summed E-state index contributed by atoms with van der Waals surface area (Å²) in [5.41, 5.74) is 0. The van der Waals surface area contributed by atoms with Crippen LogP contribution < -0.4 is 5.32 Å². The van der Waals surface area contributed by atoms with Crippen molar-refractivity contribution in [1.29, 1.82) is 0 Å². The van der Waals surface area contributed by atoms with Crippen LogP contribution in [0.2, 0.25) is 0 Å². The van der Waals surface area contributed by atoms with Crippen LogP contribution in [0.4, 0.5) is 4.79 Å². The predicted molar refractivity (Wildman–Crippen MR) is 69.7 cm³/mol. The number of unbranched alkanes of at least 4 members (excludes halogenated alkanes) is 1. The number of hydrogen-bond donors (Lipinski definition) is 2. The smallest absolute Gasteiger partial charge is 0.407 e. The van der Waals surface area contributed by atoms with Crippen molar-refractivity contribution in [1.82, 2.24) is 5.32 Å². The molecule has 2 atom stereocenters. The van der Waals surface area contributed by atoms with E-state index >= 15 is 0 Å². The molecule has 0 aromatic rings. The third kappa shape index (κ3) is 5.76. The number of carbonyl (C=O) groups excluding carboxylic acids is 1. The topological polar surface area (TPSA) is 77.0 Å². The Balaban J connectivity index is 2.30. The normalized spacial score (nSPS) is 25.9. The first-order valence-corrected chi connectivity index (χ1v) is 6.81. The van der Waals surface area contributed by atoms with Crippen LogP contribution in [0.25, 0.3) is 0 Å². The van der Waals surface area contributed by atoms with Gasteiger partial charge in [-0.05, 0) is 20.3 Å². The number of nitrogens with one attached hydrogen (secondary N) is 1. The quantitative estimate of drug-likeness (QED) is 0.714. The molecule has 1 heterocycles. The molecule has 1 aliphatic rings. The summed E-state index contributed by atoms with van der Waals surface area (Å²) in [6, 6.07) is 0. The third-order valence-corrected chi connectivity index (χ3v) is 3.03. The highest BCUT2D eigenvalue weighted by Gasteiger charge is 2.36. The molecule has 0 unspecified atom stereocenters. The van der Waals surface area contributed by atoms with Gasteiger partial charge in [-0.2, -0.15) is 0 Å². The summed E-state index contributed by atoms with van der Waals surface area (Å²) in [4.78, 5) is 11.4. The van der Waals surface area contributed by atoms with Crippen molar-refractivity contribution in [3.05, 3.63) is 0 Å². The van der Waals surface area contributed by atoms with Crippen LogP contribution in [0.15, 0.2) is 0 Å². The fourth-order valence-electron chi connectivity index (χ4n) is 1.86. The van der Waals surface area contributed by atoms with Crippen molar-refractivity contribution in [3.63, 3.8) is 0 Å². The molecule has 1 fully saturated rings. The average molecular weight is 275 g/mol. The first-order valence-electron chi connectivity index (χ1n) is 6.81. The minimum Gasteiger partial charge on any atom is -0.450 e. The van der Waals surface area contributed by atoms with E-state index < -0.39 is 11.9 Å². The molecule has 0 aromatic carbocycles. The molecule has 0 aromatic heterocycles. The van der Waals surface area contributed by atoms with Crippen LogP contribution in [0.5, 0.6) is 0 Å². The first kappa shape index (κ1) is 16.2. The molecule has 1 rings (SSSR count). The number of alkyl carbamates (subject to hydrolysis) is 1. The van der Waals surface area contributed by atoms with Crippen LogP contribution in [0, 0.1) is 5.92 Å². The van der Waals surface area contributed by atoms with E-state index in [9.17, 15) is 9.90 Å². The number of amides is 1. The van der Waals surface area contributed by atoms with Crippen LogP contribution in [-0.2, 0) is 14.2 Å². The SMILES string of the molecule is CCCCOC(=O)NC[C@@H]1COC(C)(C)O[C@H]1CO. The summed E-state index contributed by atoms with van der Waals surface area (Å²) >= 11 is 0. The van der Waals surface area contributed by atoms with Crippen LogP contribution in [-0.4, -0.2) is 49.5 Å². The molecule has 112 valence electrons. The highest BCUT2D eigenvalue weighted by atomic mass is 16.7. The van der Waals surface area contributed by atoms with E-state index in [4.69, 9.17) is 14.2 Å². The van der Waals surface area contributed by atoms with Gasteiger partial charge in [-0.3, -0.25) is 0 Å². The molecular formula is C13H25NO5. The van der Waals surface area contributed by atoms with Gasteiger partial charge < -0.3 is 24.6 Å². The lowest BCUT2D eigenvalue weighted by Crippen LogP contribution is -2.50. The second kappa shape index (κ2) is 7.67. The lowest BCUT2D eigenvalue weighted by molar-refractivity contribution is -0.296. The van der Waals surface area contributed by atoms with Crippen molar-refractivity contribution in [2.24, 2.45) is 5.92 Å². The van der Waals surface area contributed by atoms with Gasteiger partial charge in [0.2, 0.25) is 0 Å². The van der Waals surface area contributed by atoms with Crippen molar-refractivity contribution in [2.45, 2.75) is 45.5 Å². The standard InChI is InChI=1S/C13H25NO5/c1-4-5-6-17-12(16)14-7-10-9-18-13(2,3)19-11(10)8-15/h10-11,15H,4-9H2,1-3H3,(H,14,16)/t10-,11+/m1/s1. The number of hydrogen-bond acceptors (Lipinski definition) is 5. The maximum absolute atomic E-state index is 11.4. The van der Waals surface area contributed by atoms with E-state index in [2.05, 4.69) is 5.32 Å². The number of rotatable bonds is 6. The van der Waals surface area contributed by atoms with Crippen LogP contribution >= 0.6 is 0 Å². The molecule has 0 spiro atoms. The number of aliphatic hydroxyl groups is 1. The molecule has 19 heavy (non-hydrogen) atoms. The van der Waals surface area contributed by atoms with E-state index in [-0.39, 0.29) is 18.6 Å². The monoisotopic (exact) mass is 275 g/mol. The van der Waals surface area contributed by atoms with Gasteiger partial charge in [0.1, 0.15) is 0 Å². The Kier molecular flexibility index (Phi) is 6.54. The van der Waals surface area contributed by atoms with Gasteiger partial charge in [0.05, 0.1) is 25.9 Å². The molecular weight excluding hydrogens is 250 g/mol. The lowest BCUT2D eigenvalue weighted by Gasteiger charge is -2.40. The summed E-state index contributed by atoms with van der Waals surface area (Å²) in [7, 11) is 0. The molecule has 1 amide bonds. The number of aliphatic hydroxyl groups excluding tert-OH is 1. The molecule has 2 N–H and O–H groups in total. The largest absolute Gasteiger partial charge is 0.450 e. The van der Waals surface area contributed by atoms with Gasteiger partial charge in [0.25, 0.3) is 0 Å². The fraction of sp³-hybridized carbons (Fsp3) is 0.923. The molecule has 6 nitrogen and oxygen atoms in total. The maximum atomic E-state index is 11.4. The van der Waals surface area contributed by atoms with E-state index in [1.54, 1.807) is 13.8 Å². The summed E-state index contributed by atoms with van der Waals surface area (Å²) < 4.78 is 16.1. The minimum absolute atomic E-state index is 0.0725. The molecule has 0 saturated carbocycles. The lowest BCUT2D eigenvalue weighted by atomic mass is 10.0. The molecule has 0 bridgehead atoms. The van der Waals surface area contributed by atoms with E-state index in [0.717, 1.165) is 12.8 Å². The Morgan fingerprint density at radius 2 is 2.26 bits per heavy atom. The molecule has 0 radical (unpaired) electrons. The van der Waals surface area contributed by atoms with Crippen molar-refractivity contribution in [2.75, 3.05) is 26.4 Å². The molecule has 1 saturated heterocycles. The number of carbonyl (C=O) groups is 1. The van der Waals surface area contributed by atoms with Crippen molar-refractivity contribution >= 4 is 6.09 Å². The Morgan fingerprint density at radius 3 is 2.89 bits per heavy atom. The highest BCUT2D eigenvalue weighted by Crippen LogP contribution is 2.25. The van der Waals surface area contributed by atoms with Gasteiger partial charge in [-0.1, -0.05) is 13.3 Å². The first-order chi connectivity index (χ1) is 8.98. The van der Waals surface area contributed by atoms with Crippen molar-refractivity contribution in [3.8, 4) is 0 Å². The molecule has 1 aliphatic heterocycles. The van der Waals surface area contributed by atoms with Crippen molar-refractivity contribution < 1.29 is 24.1 Å². The van der Waals surface area contributed by atoms with E-state index in [1.165, 1.54) is 0 Å². The molecule has 0 aliphatic carbocycles. The second-order valence-corrected chi connectivity index (χ2v) is 5.18. The summed E-state index contributed by atoms with van der Waals surface area (Å²) in [6.45, 7) is 6.78. The third-order valence-electron chi connectivity index (χ3n) is 3.03. The number of ether oxygens (including phenoxy) is 3. The van der Waals surface area contributed by atoms with Gasteiger partial charge in [-0.25, -0.2) is 4.79 Å². The summed E-state index contributed by atoms with van der Waals surface area (Å²) in [5.74, 6) is -0.761. The average Bonchev–Trinajstić information content (AvgIpc) is 2.36. The van der Waals surface area contributed by atoms with Gasteiger partial charge in [-0.15, -0.1) is 0 Å². The zero-order valence-electron chi connectivity index (χ0n) is 12.0. The fourth-order valence-corrected chi connectivity index (χ4v) is 1.86. The Bertz CT molecular complexity index is 282. The zero-order valence-corrected chi connectivity index (χ0v) is 12.0. The second-order valence-electron chi connectivity index (χ2n) is 5.18. The van der Waals surface area contributed by atoms with Gasteiger partial charge in [0.15, 0.2) is 5.79 Å². The van der Waals surface area contributed by atoms with Gasteiger partial charge in [0, 0.05) is 12.5 Å². The van der Waals surface area contributed by atoms with E-state index in [1.807, 2.05) is 6.92 Å².